The molecule has 0 spiro atoms. The van der Waals surface area contributed by atoms with E-state index < -0.39 is 11.4 Å². The maximum Gasteiger partial charge on any atom is 0.309 e. The maximum atomic E-state index is 11.5. The van der Waals surface area contributed by atoms with Crippen molar-refractivity contribution in [2.24, 2.45) is 11.3 Å². The summed E-state index contributed by atoms with van der Waals surface area (Å²) in [6.45, 7) is 6.89. The lowest BCUT2D eigenvalue weighted by molar-refractivity contribution is -0.146. The van der Waals surface area contributed by atoms with Crippen molar-refractivity contribution >= 4 is 11.8 Å². The van der Waals surface area contributed by atoms with E-state index in [2.05, 4.69) is 6.58 Å². The molecule has 0 bridgehead atoms. The van der Waals surface area contributed by atoms with Crippen molar-refractivity contribution in [3.05, 3.63) is 12.2 Å². The van der Waals surface area contributed by atoms with Gasteiger partial charge in [-0.2, -0.15) is 0 Å². The normalized spacial score (nSPS) is 16.4. The number of carboxylic acids is 1. The van der Waals surface area contributed by atoms with Gasteiger partial charge in [-0.15, -0.1) is 0 Å². The maximum absolute atomic E-state index is 11.5. The highest BCUT2D eigenvalue weighted by Crippen LogP contribution is 2.35. The minimum Gasteiger partial charge on any atom is -0.481 e. The van der Waals surface area contributed by atoms with Crippen LogP contribution in [0, 0.1) is 11.3 Å². The fraction of sp³-hybridized carbons (Fsp3) is 0.636. The Balaban J connectivity index is 2.55. The Kier molecular flexibility index (Phi) is 2.79. The van der Waals surface area contributed by atoms with Gasteiger partial charge in [0.2, 0.25) is 0 Å². The van der Waals surface area contributed by atoms with E-state index in [1.54, 1.807) is 13.8 Å². The number of carbonyl (C=O) groups excluding carboxylic acids is 1. The van der Waals surface area contributed by atoms with Gasteiger partial charge in [0.15, 0.2) is 5.78 Å². The molecule has 1 rings (SSSR count). The fourth-order valence-electron chi connectivity index (χ4n) is 1.33. The number of carbonyl (C=O) groups is 2. The molecule has 78 valence electrons. The van der Waals surface area contributed by atoms with Gasteiger partial charge < -0.3 is 5.11 Å². The van der Waals surface area contributed by atoms with Crippen LogP contribution in [-0.4, -0.2) is 16.9 Å². The Morgan fingerprint density at radius 1 is 1.43 bits per heavy atom. The molecule has 1 fully saturated rings. The Morgan fingerprint density at radius 2 is 1.93 bits per heavy atom. The van der Waals surface area contributed by atoms with Crippen molar-refractivity contribution in [3.8, 4) is 0 Å². The number of hydrogen-bond donors (Lipinski definition) is 1. The van der Waals surface area contributed by atoms with Gasteiger partial charge in [0.25, 0.3) is 0 Å². The van der Waals surface area contributed by atoms with Crippen molar-refractivity contribution in [2.45, 2.75) is 33.1 Å². The lowest BCUT2D eigenvalue weighted by atomic mass is 9.84. The highest BCUT2D eigenvalue weighted by molar-refractivity contribution is 5.98. The molecule has 0 atom stereocenters. The molecule has 0 amide bonds. The van der Waals surface area contributed by atoms with Crippen LogP contribution in [0.4, 0.5) is 0 Å². The molecule has 1 aliphatic carbocycles. The molecule has 0 heterocycles. The van der Waals surface area contributed by atoms with Crippen LogP contribution in [0.1, 0.15) is 33.1 Å². The zero-order valence-electron chi connectivity index (χ0n) is 8.67. The van der Waals surface area contributed by atoms with Crippen LogP contribution in [0.5, 0.6) is 0 Å². The first kappa shape index (κ1) is 11.0. The van der Waals surface area contributed by atoms with E-state index in [9.17, 15) is 9.59 Å². The second-order valence-electron chi connectivity index (χ2n) is 4.61. The van der Waals surface area contributed by atoms with Crippen LogP contribution < -0.4 is 0 Å². The first-order chi connectivity index (χ1) is 6.34. The van der Waals surface area contributed by atoms with Crippen LogP contribution in [-0.2, 0) is 9.59 Å². The molecule has 0 radical (unpaired) electrons. The predicted octanol–water partition coefficient (Wildman–Crippen LogP) is 2.02. The summed E-state index contributed by atoms with van der Waals surface area (Å²) in [5.74, 6) is -0.700. The monoisotopic (exact) mass is 196 g/mol. The number of hydrogen-bond acceptors (Lipinski definition) is 2. The summed E-state index contributed by atoms with van der Waals surface area (Å²) < 4.78 is 0. The molecular weight excluding hydrogens is 180 g/mol. The Bertz CT molecular complexity index is 285. The van der Waals surface area contributed by atoms with Crippen LogP contribution >= 0.6 is 0 Å². The van der Waals surface area contributed by atoms with Crippen molar-refractivity contribution < 1.29 is 14.7 Å². The molecule has 1 N–H and O–H groups in total. The predicted molar refractivity (Wildman–Crippen MR) is 52.9 cm³/mol. The minimum atomic E-state index is -0.887. The van der Waals surface area contributed by atoms with E-state index >= 15 is 0 Å². The second kappa shape index (κ2) is 3.56. The number of allylic oxidation sites excluding steroid dienone is 1. The third kappa shape index (κ3) is 2.44. The van der Waals surface area contributed by atoms with Crippen LogP contribution in [0.15, 0.2) is 12.2 Å². The quantitative estimate of drug-likeness (QED) is 0.684. The number of carboxylic acid groups (broad SMARTS) is 1. The summed E-state index contributed by atoms with van der Waals surface area (Å²) in [5.41, 5.74) is -0.429. The Hall–Kier alpha value is -1.12. The lowest BCUT2D eigenvalue weighted by Gasteiger charge is -2.19. The van der Waals surface area contributed by atoms with E-state index in [1.807, 2.05) is 0 Å². The minimum absolute atomic E-state index is 0.0549. The highest BCUT2D eigenvalue weighted by atomic mass is 16.4. The van der Waals surface area contributed by atoms with Crippen molar-refractivity contribution in [3.63, 3.8) is 0 Å². The molecule has 0 aromatic rings. The number of rotatable bonds is 5. The Morgan fingerprint density at radius 3 is 2.29 bits per heavy atom. The van der Waals surface area contributed by atoms with Crippen LogP contribution in [0.25, 0.3) is 0 Å². The molecule has 1 saturated carbocycles. The molecule has 0 aromatic carbocycles. The van der Waals surface area contributed by atoms with E-state index in [0.29, 0.717) is 5.57 Å². The number of aliphatic carboxylic acids is 1. The van der Waals surface area contributed by atoms with Crippen molar-refractivity contribution in [1.29, 1.82) is 0 Å². The molecule has 3 heteroatoms. The third-order valence-corrected chi connectivity index (χ3v) is 2.53. The van der Waals surface area contributed by atoms with Crippen LogP contribution in [0.3, 0.4) is 0 Å². The van der Waals surface area contributed by atoms with Gasteiger partial charge in [0.1, 0.15) is 0 Å². The van der Waals surface area contributed by atoms with Gasteiger partial charge in [0.05, 0.1) is 5.41 Å². The second-order valence-corrected chi connectivity index (χ2v) is 4.61. The van der Waals surface area contributed by atoms with Gasteiger partial charge in [-0.25, -0.2) is 0 Å². The van der Waals surface area contributed by atoms with Gasteiger partial charge in [0, 0.05) is 5.92 Å². The molecular formula is C11H16O3. The molecule has 14 heavy (non-hydrogen) atoms. The third-order valence-electron chi connectivity index (χ3n) is 2.53. The topological polar surface area (TPSA) is 54.4 Å². The smallest absolute Gasteiger partial charge is 0.309 e. The Labute approximate surface area is 83.8 Å². The van der Waals surface area contributed by atoms with Gasteiger partial charge in [-0.05, 0) is 38.7 Å². The standard InChI is InChI=1S/C11H16O3/c1-7(9(12)8-4-5-8)6-11(2,3)10(13)14/h8H,1,4-6H2,2-3H3,(H,13,14). The summed E-state index contributed by atoms with van der Waals surface area (Å²) in [7, 11) is 0. The molecule has 3 nitrogen and oxygen atoms in total. The average molecular weight is 196 g/mol. The zero-order chi connectivity index (χ0) is 10.9. The van der Waals surface area contributed by atoms with Gasteiger partial charge >= 0.3 is 5.97 Å². The summed E-state index contributed by atoms with van der Waals surface area (Å²) >= 11 is 0. The molecule has 0 unspecified atom stereocenters. The lowest BCUT2D eigenvalue weighted by Crippen LogP contribution is -2.25. The molecule has 0 aromatic heterocycles. The zero-order valence-corrected chi connectivity index (χ0v) is 8.67. The fourth-order valence-corrected chi connectivity index (χ4v) is 1.33. The first-order valence-electron chi connectivity index (χ1n) is 4.80. The SMILES string of the molecule is C=C(CC(C)(C)C(=O)O)C(=O)C1CC1. The number of ketones is 1. The number of Topliss-reactive ketones (excluding diaryl/α,β-unsaturated/α-hetero) is 1. The first-order valence-corrected chi connectivity index (χ1v) is 4.80. The largest absolute Gasteiger partial charge is 0.481 e. The van der Waals surface area contributed by atoms with E-state index in [-0.39, 0.29) is 18.1 Å². The summed E-state index contributed by atoms with van der Waals surface area (Å²) in [5, 5.41) is 8.87. The average Bonchev–Trinajstić information content (AvgIpc) is 2.84. The molecule has 1 aliphatic rings. The summed E-state index contributed by atoms with van der Waals surface area (Å²) in [6.07, 6.45) is 2.12. The van der Waals surface area contributed by atoms with E-state index in [4.69, 9.17) is 5.11 Å². The molecule has 0 saturated heterocycles. The van der Waals surface area contributed by atoms with E-state index in [0.717, 1.165) is 12.8 Å². The summed E-state index contributed by atoms with van der Waals surface area (Å²) in [6, 6.07) is 0. The summed E-state index contributed by atoms with van der Waals surface area (Å²) in [4.78, 5) is 22.3. The van der Waals surface area contributed by atoms with Gasteiger partial charge in [-0.1, -0.05) is 6.58 Å². The van der Waals surface area contributed by atoms with Gasteiger partial charge in [-0.3, -0.25) is 9.59 Å². The van der Waals surface area contributed by atoms with E-state index in [1.165, 1.54) is 0 Å². The van der Waals surface area contributed by atoms with Crippen molar-refractivity contribution in [1.82, 2.24) is 0 Å². The van der Waals surface area contributed by atoms with Crippen molar-refractivity contribution in [2.75, 3.05) is 0 Å². The molecule has 0 aliphatic heterocycles. The van der Waals surface area contributed by atoms with Crippen LogP contribution in [0.2, 0.25) is 0 Å². The highest BCUT2D eigenvalue weighted by Gasteiger charge is 2.35.